The van der Waals surface area contributed by atoms with Crippen LogP contribution in [0.4, 0.5) is 0 Å². The summed E-state index contributed by atoms with van der Waals surface area (Å²) in [6, 6.07) is 7.36. The molecule has 0 N–H and O–H groups in total. The predicted octanol–water partition coefficient (Wildman–Crippen LogP) is 4.23. The van der Waals surface area contributed by atoms with E-state index in [1.807, 2.05) is 24.3 Å². The Morgan fingerprint density at radius 2 is 1.91 bits per heavy atom. The molecule has 1 aromatic carbocycles. The Labute approximate surface area is 130 Å². The third-order valence-corrected chi connectivity index (χ3v) is 5.75. The maximum atomic E-state index is 13.4. The number of carbonyl (C=O) groups excluding carboxylic acids is 2. The van der Waals surface area contributed by atoms with E-state index in [9.17, 15) is 9.59 Å². The van der Waals surface area contributed by atoms with Gasteiger partial charge in [-0.2, -0.15) is 0 Å². The van der Waals surface area contributed by atoms with E-state index in [1.165, 1.54) is 5.57 Å². The molecule has 0 spiro atoms. The highest BCUT2D eigenvalue weighted by Gasteiger charge is 2.64. The minimum atomic E-state index is -0.540. The normalized spacial score (nSPS) is 34.5. The molecule has 0 saturated heterocycles. The molecule has 0 aromatic heterocycles. The molecular weight excluding hydrogens is 272 g/mol. The van der Waals surface area contributed by atoms with Crippen LogP contribution in [0.25, 0.3) is 0 Å². The Kier molecular flexibility index (Phi) is 2.81. The second kappa shape index (κ2) is 4.52. The van der Waals surface area contributed by atoms with E-state index < -0.39 is 5.41 Å². The number of benzene rings is 1. The Bertz CT molecular complexity index is 736. The van der Waals surface area contributed by atoms with Crippen LogP contribution in [0.3, 0.4) is 0 Å². The third kappa shape index (κ3) is 1.55. The molecule has 1 saturated carbocycles. The molecule has 1 fully saturated rings. The summed E-state index contributed by atoms with van der Waals surface area (Å²) in [7, 11) is 0. The van der Waals surface area contributed by atoms with Gasteiger partial charge in [-0.3, -0.25) is 9.59 Å². The van der Waals surface area contributed by atoms with Crippen molar-refractivity contribution < 1.29 is 9.59 Å². The maximum Gasteiger partial charge on any atom is 0.171 e. The van der Waals surface area contributed by atoms with Gasteiger partial charge in [0.05, 0.1) is 5.41 Å². The van der Waals surface area contributed by atoms with Crippen molar-refractivity contribution in [2.24, 2.45) is 23.2 Å². The lowest BCUT2D eigenvalue weighted by atomic mass is 9.57. The highest BCUT2D eigenvalue weighted by molar-refractivity contribution is 6.18. The first-order valence-electron chi connectivity index (χ1n) is 8.05. The number of allylic oxidation sites excluding steroid dienone is 4. The van der Waals surface area contributed by atoms with Crippen molar-refractivity contribution in [2.75, 3.05) is 0 Å². The molecule has 3 aliphatic carbocycles. The third-order valence-electron chi connectivity index (χ3n) is 5.75. The van der Waals surface area contributed by atoms with E-state index in [0.29, 0.717) is 17.5 Å². The number of fused-ring (bicyclic) bond motifs is 6. The summed E-state index contributed by atoms with van der Waals surface area (Å²) < 4.78 is 0. The minimum Gasteiger partial charge on any atom is -0.294 e. The van der Waals surface area contributed by atoms with Gasteiger partial charge in [-0.15, -0.1) is 0 Å². The van der Waals surface area contributed by atoms with Crippen molar-refractivity contribution in [1.82, 2.24) is 0 Å². The second-order valence-corrected chi connectivity index (χ2v) is 7.13. The summed E-state index contributed by atoms with van der Waals surface area (Å²) in [5.74, 6) is 0.639. The number of carbonyl (C=O) groups is 2. The average Bonchev–Trinajstić information content (AvgIpc) is 3.11. The first-order chi connectivity index (χ1) is 10.6. The first-order valence-corrected chi connectivity index (χ1v) is 8.05. The number of hydrogen-bond acceptors (Lipinski definition) is 2. The highest BCUT2D eigenvalue weighted by Crippen LogP contribution is 2.62. The lowest BCUT2D eigenvalue weighted by Crippen LogP contribution is -2.49. The van der Waals surface area contributed by atoms with Crippen molar-refractivity contribution in [3.63, 3.8) is 0 Å². The molecule has 0 unspecified atom stereocenters. The van der Waals surface area contributed by atoms with E-state index in [2.05, 4.69) is 32.1 Å². The molecule has 112 valence electrons. The molecule has 2 heteroatoms. The van der Waals surface area contributed by atoms with Crippen LogP contribution in [-0.2, 0) is 0 Å². The molecule has 0 aliphatic heterocycles. The van der Waals surface area contributed by atoms with Crippen molar-refractivity contribution in [3.05, 3.63) is 59.2 Å². The molecule has 22 heavy (non-hydrogen) atoms. The minimum absolute atomic E-state index is 0.166. The lowest BCUT2D eigenvalue weighted by molar-refractivity contribution is 0.0513. The Balaban J connectivity index is 1.93. The second-order valence-electron chi connectivity index (χ2n) is 7.13. The molecule has 2 bridgehead atoms. The van der Waals surface area contributed by atoms with Gasteiger partial charge in [0.25, 0.3) is 0 Å². The van der Waals surface area contributed by atoms with Gasteiger partial charge >= 0.3 is 0 Å². The van der Waals surface area contributed by atoms with Crippen LogP contribution < -0.4 is 0 Å². The van der Waals surface area contributed by atoms with E-state index in [-0.39, 0.29) is 29.3 Å². The van der Waals surface area contributed by atoms with Crippen LogP contribution >= 0.6 is 0 Å². The SMILES string of the molecule is CC(C)=CC[C@@]12C(=O)c3ccccc3C(=O)[C@@H]1[C@H]1C=C[C@@H]2C1. The molecule has 1 aromatic rings. The standard InChI is InChI=1S/C20H20O2/c1-12(2)9-10-20-14-8-7-13(11-14)17(20)18(21)15-5-3-4-6-16(15)19(20)22/h3-9,13-14,17H,10-11H2,1-2H3/t13-,14+,17-,20-/m0/s1. The smallest absolute Gasteiger partial charge is 0.171 e. The zero-order valence-corrected chi connectivity index (χ0v) is 13.0. The van der Waals surface area contributed by atoms with Crippen LogP contribution in [-0.4, -0.2) is 11.6 Å². The molecule has 4 atom stereocenters. The van der Waals surface area contributed by atoms with Gasteiger partial charge in [0, 0.05) is 17.0 Å². The van der Waals surface area contributed by atoms with Gasteiger partial charge in [0.1, 0.15) is 0 Å². The Morgan fingerprint density at radius 3 is 2.64 bits per heavy atom. The quantitative estimate of drug-likeness (QED) is 0.764. The molecule has 4 rings (SSSR count). The molecule has 3 aliphatic rings. The Morgan fingerprint density at radius 1 is 1.18 bits per heavy atom. The van der Waals surface area contributed by atoms with Crippen molar-refractivity contribution >= 4 is 11.6 Å². The molecule has 0 radical (unpaired) electrons. The lowest BCUT2D eigenvalue weighted by Gasteiger charge is -2.43. The van der Waals surface area contributed by atoms with E-state index in [1.54, 1.807) is 0 Å². The summed E-state index contributed by atoms with van der Waals surface area (Å²) >= 11 is 0. The average molecular weight is 292 g/mol. The summed E-state index contributed by atoms with van der Waals surface area (Å²) in [5.41, 5.74) is 1.93. The van der Waals surface area contributed by atoms with E-state index in [4.69, 9.17) is 0 Å². The van der Waals surface area contributed by atoms with Crippen LogP contribution in [0.2, 0.25) is 0 Å². The highest BCUT2D eigenvalue weighted by atomic mass is 16.1. The number of rotatable bonds is 2. The van der Waals surface area contributed by atoms with Crippen LogP contribution in [0.1, 0.15) is 47.4 Å². The Hall–Kier alpha value is -1.96. The van der Waals surface area contributed by atoms with Gasteiger partial charge in [-0.1, -0.05) is 48.1 Å². The topological polar surface area (TPSA) is 34.1 Å². The van der Waals surface area contributed by atoms with Gasteiger partial charge in [-0.25, -0.2) is 0 Å². The summed E-state index contributed by atoms with van der Waals surface area (Å²) in [5, 5.41) is 0. The van der Waals surface area contributed by atoms with Crippen LogP contribution in [0.15, 0.2) is 48.1 Å². The van der Waals surface area contributed by atoms with E-state index >= 15 is 0 Å². The number of Topliss-reactive ketones (excluding diaryl/α,β-unsaturated/α-hetero) is 2. The fourth-order valence-electron chi connectivity index (χ4n) is 4.77. The van der Waals surface area contributed by atoms with Crippen LogP contribution in [0, 0.1) is 23.2 Å². The number of hydrogen-bond donors (Lipinski definition) is 0. The fraction of sp³-hybridized carbons (Fsp3) is 0.400. The number of ketones is 2. The summed E-state index contributed by atoms with van der Waals surface area (Å²) in [6.45, 7) is 4.11. The molecular formula is C20H20O2. The molecule has 0 amide bonds. The van der Waals surface area contributed by atoms with Crippen LogP contribution in [0.5, 0.6) is 0 Å². The largest absolute Gasteiger partial charge is 0.294 e. The van der Waals surface area contributed by atoms with Gasteiger partial charge < -0.3 is 0 Å². The first kappa shape index (κ1) is 13.7. The maximum absolute atomic E-state index is 13.4. The van der Waals surface area contributed by atoms with Gasteiger partial charge in [0.2, 0.25) is 0 Å². The summed E-state index contributed by atoms with van der Waals surface area (Å²) in [4.78, 5) is 26.4. The van der Waals surface area contributed by atoms with Crippen molar-refractivity contribution in [2.45, 2.75) is 26.7 Å². The van der Waals surface area contributed by atoms with E-state index in [0.717, 1.165) is 6.42 Å². The van der Waals surface area contributed by atoms with Crippen molar-refractivity contribution in [1.29, 1.82) is 0 Å². The zero-order chi connectivity index (χ0) is 15.5. The van der Waals surface area contributed by atoms with Crippen molar-refractivity contribution in [3.8, 4) is 0 Å². The van der Waals surface area contributed by atoms with Gasteiger partial charge in [0.15, 0.2) is 11.6 Å². The predicted molar refractivity (Wildman–Crippen MR) is 85.8 cm³/mol. The molecule has 0 heterocycles. The zero-order valence-electron chi connectivity index (χ0n) is 13.0. The van der Waals surface area contributed by atoms with Gasteiger partial charge in [-0.05, 0) is 38.5 Å². The fourth-order valence-corrected chi connectivity index (χ4v) is 4.77. The summed E-state index contributed by atoms with van der Waals surface area (Å²) in [6.07, 6.45) is 8.12. The monoisotopic (exact) mass is 292 g/mol. The molecule has 2 nitrogen and oxygen atoms in total.